The Labute approximate surface area is 239 Å². The number of rotatable bonds is 8. The number of halogens is 3. The maximum Gasteiger partial charge on any atom is 0.490 e. The first-order valence-electron chi connectivity index (χ1n) is 12.0. The highest BCUT2D eigenvalue weighted by Gasteiger charge is 2.38. The molecule has 0 fully saturated rings. The summed E-state index contributed by atoms with van der Waals surface area (Å²) in [5.41, 5.74) is 11.8. The van der Waals surface area contributed by atoms with Gasteiger partial charge in [-0.15, -0.1) is 0 Å². The first-order valence-corrected chi connectivity index (χ1v) is 12.0. The summed E-state index contributed by atoms with van der Waals surface area (Å²) in [6.45, 7) is 0.134. The van der Waals surface area contributed by atoms with Crippen LogP contribution in [0.3, 0.4) is 0 Å². The van der Waals surface area contributed by atoms with E-state index >= 15 is 0 Å². The Morgan fingerprint density at radius 1 is 1.00 bits per heavy atom. The molecule has 1 heterocycles. The standard InChI is InChI=1S/C23H24N4O9.C2HF3O2/c24-23(25)26-13-5-6-14-17(10-13)34-8-9-35-20-12(2-1-3-16(20)36-22(14)33)4-7-18(28)27-15(21(31)32)11-19(29)30;3-2(4,5)1(6)7/h1-3,5-6,10,15H,4,7-9,11H2,(H,27,28)(H,29,30)(H,31,32)(H4,24,25,26);(H,6,7)/t15-;/m0./s1. The largest absolute Gasteiger partial charge is 0.490 e. The highest BCUT2D eigenvalue weighted by atomic mass is 19.4. The number of carbonyl (C=O) groups is 5. The molecular formula is C25H25F3N4O11. The number of para-hydroxylation sites is 1. The molecule has 0 saturated carbocycles. The second-order valence-corrected chi connectivity index (χ2v) is 8.41. The first kappa shape index (κ1) is 33.7. The minimum atomic E-state index is -5.08. The number of nitrogens with one attached hydrogen (secondary N) is 1. The summed E-state index contributed by atoms with van der Waals surface area (Å²) in [5, 5.41) is 27.2. The molecule has 2 aromatic rings. The van der Waals surface area contributed by atoms with Crippen LogP contribution >= 0.6 is 0 Å². The van der Waals surface area contributed by atoms with Gasteiger partial charge in [-0.1, -0.05) is 12.1 Å². The highest BCUT2D eigenvalue weighted by molar-refractivity contribution is 5.95. The predicted octanol–water partition coefficient (Wildman–Crippen LogP) is 1.19. The topological polar surface area (TPSA) is 250 Å². The molecule has 1 aliphatic rings. The van der Waals surface area contributed by atoms with Crippen LogP contribution in [0.1, 0.15) is 28.8 Å². The number of fused-ring (bicyclic) bond motifs is 2. The van der Waals surface area contributed by atoms with E-state index in [4.69, 9.17) is 45.8 Å². The van der Waals surface area contributed by atoms with Crippen molar-refractivity contribution >= 4 is 41.4 Å². The van der Waals surface area contributed by atoms with E-state index in [1.807, 2.05) is 0 Å². The van der Waals surface area contributed by atoms with Gasteiger partial charge in [-0.05, 0) is 30.2 Å². The van der Waals surface area contributed by atoms with Crippen molar-refractivity contribution in [3.63, 3.8) is 0 Å². The van der Waals surface area contributed by atoms with Crippen molar-refractivity contribution in [3.05, 3.63) is 47.5 Å². The maximum absolute atomic E-state index is 12.9. The summed E-state index contributed by atoms with van der Waals surface area (Å²) < 4.78 is 48.7. The van der Waals surface area contributed by atoms with Gasteiger partial charge < -0.3 is 46.3 Å². The number of nitrogens with zero attached hydrogens (tertiary/aromatic N) is 1. The number of carboxylic acids is 3. The molecule has 15 nitrogen and oxygen atoms in total. The number of guanidine groups is 1. The van der Waals surface area contributed by atoms with Crippen molar-refractivity contribution in [1.82, 2.24) is 5.32 Å². The molecule has 0 radical (unpaired) electrons. The smallest absolute Gasteiger partial charge is 0.489 e. The lowest BCUT2D eigenvalue weighted by Crippen LogP contribution is -2.42. The second-order valence-electron chi connectivity index (χ2n) is 8.41. The molecule has 0 unspecified atom stereocenters. The minimum absolute atomic E-state index is 0.0648. The summed E-state index contributed by atoms with van der Waals surface area (Å²) >= 11 is 0. The van der Waals surface area contributed by atoms with Crippen LogP contribution < -0.4 is 31.0 Å². The summed E-state index contributed by atoms with van der Waals surface area (Å²) in [7, 11) is 0. The van der Waals surface area contributed by atoms with Crippen LogP contribution in [0, 0.1) is 0 Å². The molecule has 0 spiro atoms. The predicted molar refractivity (Wildman–Crippen MR) is 138 cm³/mol. The third kappa shape index (κ3) is 10.7. The first-order chi connectivity index (χ1) is 20.1. The molecule has 1 atom stereocenters. The van der Waals surface area contributed by atoms with Crippen LogP contribution in [0.2, 0.25) is 0 Å². The second kappa shape index (κ2) is 14.9. The van der Waals surface area contributed by atoms with Crippen molar-refractivity contribution < 1.29 is 66.7 Å². The van der Waals surface area contributed by atoms with Gasteiger partial charge in [-0.3, -0.25) is 9.59 Å². The summed E-state index contributed by atoms with van der Waals surface area (Å²) in [5.74, 6) is -6.56. The number of aliphatic carboxylic acids is 3. The molecule has 8 N–H and O–H groups in total. The third-order valence-electron chi connectivity index (χ3n) is 5.17. The van der Waals surface area contributed by atoms with Crippen molar-refractivity contribution in [3.8, 4) is 17.2 Å². The fourth-order valence-corrected chi connectivity index (χ4v) is 3.36. The van der Waals surface area contributed by atoms with E-state index in [9.17, 15) is 32.3 Å². The lowest BCUT2D eigenvalue weighted by molar-refractivity contribution is -0.192. The van der Waals surface area contributed by atoms with Gasteiger partial charge in [0.1, 0.15) is 30.6 Å². The molecule has 0 aromatic heterocycles. The Hall–Kier alpha value is -5.55. The molecule has 0 bridgehead atoms. The highest BCUT2D eigenvalue weighted by Crippen LogP contribution is 2.35. The number of hydrogen-bond donors (Lipinski definition) is 6. The molecule has 43 heavy (non-hydrogen) atoms. The van der Waals surface area contributed by atoms with Crippen molar-refractivity contribution in [2.45, 2.75) is 31.5 Å². The van der Waals surface area contributed by atoms with E-state index < -0.39 is 48.4 Å². The van der Waals surface area contributed by atoms with Crippen LogP contribution in [0.25, 0.3) is 0 Å². The van der Waals surface area contributed by atoms with Gasteiger partial charge in [-0.25, -0.2) is 19.4 Å². The lowest BCUT2D eigenvalue weighted by Gasteiger charge is -2.19. The number of nitrogens with two attached hydrogens (primary N) is 2. The van der Waals surface area contributed by atoms with Crippen molar-refractivity contribution in [2.75, 3.05) is 13.2 Å². The summed E-state index contributed by atoms with van der Waals surface area (Å²) in [6, 6.07) is 7.72. The molecule has 0 aliphatic carbocycles. The molecular weight excluding hydrogens is 589 g/mol. The number of carbonyl (C=O) groups excluding carboxylic acids is 2. The fraction of sp³-hybridized carbons (Fsp3) is 0.280. The van der Waals surface area contributed by atoms with Gasteiger partial charge in [0.2, 0.25) is 5.91 Å². The van der Waals surface area contributed by atoms with E-state index in [1.54, 1.807) is 12.1 Å². The van der Waals surface area contributed by atoms with E-state index in [2.05, 4.69) is 10.3 Å². The molecule has 232 valence electrons. The van der Waals surface area contributed by atoms with Crippen LogP contribution in [-0.2, 0) is 25.6 Å². The molecule has 2 aromatic carbocycles. The van der Waals surface area contributed by atoms with Gasteiger partial charge in [0, 0.05) is 12.5 Å². The average Bonchev–Trinajstić information content (AvgIpc) is 2.89. The zero-order chi connectivity index (χ0) is 32.3. The van der Waals surface area contributed by atoms with E-state index in [0.29, 0.717) is 11.3 Å². The number of aryl methyl sites for hydroxylation is 1. The monoisotopic (exact) mass is 614 g/mol. The maximum atomic E-state index is 12.9. The average molecular weight is 614 g/mol. The Kier molecular flexibility index (Phi) is 11.7. The molecule has 0 saturated heterocycles. The van der Waals surface area contributed by atoms with Crippen molar-refractivity contribution in [1.29, 1.82) is 0 Å². The number of benzene rings is 2. The van der Waals surface area contributed by atoms with Crippen LogP contribution in [0.15, 0.2) is 41.4 Å². The number of aliphatic imine (C=N–C) groups is 1. The Morgan fingerprint density at radius 2 is 1.65 bits per heavy atom. The summed E-state index contributed by atoms with van der Waals surface area (Å²) in [4.78, 5) is 59.9. The zero-order valence-electron chi connectivity index (χ0n) is 21.9. The van der Waals surface area contributed by atoms with Gasteiger partial charge in [0.05, 0.1) is 12.1 Å². The zero-order valence-corrected chi connectivity index (χ0v) is 21.9. The minimum Gasteiger partial charge on any atom is -0.489 e. The van der Waals surface area contributed by atoms with Crippen LogP contribution in [0.5, 0.6) is 17.2 Å². The van der Waals surface area contributed by atoms with Crippen LogP contribution in [0.4, 0.5) is 18.9 Å². The summed E-state index contributed by atoms with van der Waals surface area (Å²) in [6.07, 6.45) is -5.90. The van der Waals surface area contributed by atoms with Gasteiger partial charge >= 0.3 is 30.1 Å². The quantitative estimate of drug-likeness (QED) is 0.106. The SMILES string of the molecule is NC(N)=Nc1ccc2c(c1)OCCOc1c(CCC(=O)N[C@@H](CC(=O)O)C(=O)O)cccc1OC2=O.O=C(O)C(F)(F)F. The lowest BCUT2D eigenvalue weighted by atomic mass is 10.1. The Morgan fingerprint density at radius 3 is 2.23 bits per heavy atom. The number of carboxylic acid groups (broad SMARTS) is 3. The van der Waals surface area contributed by atoms with E-state index in [1.165, 1.54) is 24.3 Å². The van der Waals surface area contributed by atoms with E-state index in [0.717, 1.165) is 0 Å². The molecule has 1 amide bonds. The van der Waals surface area contributed by atoms with E-state index in [-0.39, 0.29) is 54.8 Å². The number of esters is 1. The number of ether oxygens (including phenoxy) is 3. The van der Waals surface area contributed by atoms with Crippen molar-refractivity contribution in [2.24, 2.45) is 16.5 Å². The third-order valence-corrected chi connectivity index (χ3v) is 5.17. The molecule has 1 aliphatic heterocycles. The number of amides is 1. The Balaban J connectivity index is 0.000000821. The van der Waals surface area contributed by atoms with Crippen LogP contribution in [-0.4, -0.2) is 76.5 Å². The fourth-order valence-electron chi connectivity index (χ4n) is 3.36. The normalized spacial score (nSPS) is 13.0. The number of alkyl halides is 3. The Bertz CT molecular complexity index is 1410. The molecule has 18 heteroatoms. The van der Waals surface area contributed by atoms with Gasteiger partial charge in [-0.2, -0.15) is 13.2 Å². The number of hydrogen-bond acceptors (Lipinski definition) is 9. The van der Waals surface area contributed by atoms with Gasteiger partial charge in [0.15, 0.2) is 17.5 Å². The molecule has 3 rings (SSSR count). The van der Waals surface area contributed by atoms with Gasteiger partial charge in [0.25, 0.3) is 0 Å².